The molecular formula is C24H35IN6O. The quantitative estimate of drug-likeness (QED) is 0.175. The molecule has 1 heterocycles. The van der Waals surface area contributed by atoms with Gasteiger partial charge in [0.1, 0.15) is 18.2 Å². The molecule has 0 fully saturated rings. The number of imidazole rings is 1. The van der Waals surface area contributed by atoms with Crippen LogP contribution in [-0.2, 0) is 13.1 Å². The number of likely N-dealkylation sites (N-methyl/N-ethyl adjacent to an activating group) is 1. The van der Waals surface area contributed by atoms with Gasteiger partial charge in [0, 0.05) is 38.8 Å². The van der Waals surface area contributed by atoms with Gasteiger partial charge in [-0.05, 0) is 45.6 Å². The zero-order valence-corrected chi connectivity index (χ0v) is 21.8. The van der Waals surface area contributed by atoms with Crippen LogP contribution in [0.3, 0.4) is 0 Å². The second kappa shape index (κ2) is 13.3. The Morgan fingerprint density at radius 3 is 2.62 bits per heavy atom. The molecule has 0 aliphatic heterocycles. The maximum Gasteiger partial charge on any atom is 0.191 e. The molecule has 1 aromatic heterocycles. The van der Waals surface area contributed by atoms with E-state index in [4.69, 9.17) is 4.74 Å². The SMILES string of the molecule is CN=C(NCCCn1c(C)nc2ccccc21)NCc1ccccc1OCCN(C)C.I. The van der Waals surface area contributed by atoms with Crippen molar-refractivity contribution in [3.8, 4) is 5.75 Å². The number of hydrogen-bond acceptors (Lipinski definition) is 4. The summed E-state index contributed by atoms with van der Waals surface area (Å²) in [6.45, 7) is 6.01. The molecule has 0 radical (unpaired) electrons. The summed E-state index contributed by atoms with van der Waals surface area (Å²) in [5.41, 5.74) is 3.36. The number of guanidine groups is 1. The molecule has 0 spiro atoms. The van der Waals surface area contributed by atoms with E-state index in [1.807, 2.05) is 38.4 Å². The van der Waals surface area contributed by atoms with E-state index in [0.717, 1.165) is 54.7 Å². The first kappa shape index (κ1) is 25.9. The molecule has 3 aromatic rings. The molecule has 2 aromatic carbocycles. The molecule has 0 aliphatic carbocycles. The monoisotopic (exact) mass is 550 g/mol. The Labute approximate surface area is 208 Å². The lowest BCUT2D eigenvalue weighted by Gasteiger charge is -2.16. The average Bonchev–Trinajstić information content (AvgIpc) is 3.09. The van der Waals surface area contributed by atoms with Crippen LogP contribution in [0.25, 0.3) is 11.0 Å². The van der Waals surface area contributed by atoms with Crippen molar-refractivity contribution in [1.82, 2.24) is 25.1 Å². The molecule has 3 rings (SSSR count). The predicted molar refractivity (Wildman–Crippen MR) is 143 cm³/mol. The van der Waals surface area contributed by atoms with Crippen LogP contribution in [0, 0.1) is 6.92 Å². The molecule has 7 nitrogen and oxygen atoms in total. The second-order valence-electron chi connectivity index (χ2n) is 7.76. The van der Waals surface area contributed by atoms with Gasteiger partial charge in [0.15, 0.2) is 5.96 Å². The molecule has 0 aliphatic rings. The van der Waals surface area contributed by atoms with Gasteiger partial charge in [-0.1, -0.05) is 30.3 Å². The number of rotatable bonds is 10. The minimum absolute atomic E-state index is 0. The highest BCUT2D eigenvalue weighted by Gasteiger charge is 2.07. The van der Waals surface area contributed by atoms with E-state index in [2.05, 4.69) is 61.3 Å². The average molecular weight is 550 g/mol. The lowest BCUT2D eigenvalue weighted by molar-refractivity contribution is 0.259. The van der Waals surface area contributed by atoms with E-state index in [1.165, 1.54) is 5.52 Å². The summed E-state index contributed by atoms with van der Waals surface area (Å²) in [5.74, 6) is 2.75. The van der Waals surface area contributed by atoms with Gasteiger partial charge in [-0.15, -0.1) is 24.0 Å². The Morgan fingerprint density at radius 2 is 1.84 bits per heavy atom. The highest BCUT2D eigenvalue weighted by Crippen LogP contribution is 2.18. The van der Waals surface area contributed by atoms with Crippen LogP contribution >= 0.6 is 24.0 Å². The summed E-state index contributed by atoms with van der Waals surface area (Å²) < 4.78 is 8.22. The lowest BCUT2D eigenvalue weighted by atomic mass is 10.2. The van der Waals surface area contributed by atoms with E-state index in [0.29, 0.717) is 13.2 Å². The predicted octanol–water partition coefficient (Wildman–Crippen LogP) is 3.66. The summed E-state index contributed by atoms with van der Waals surface area (Å²) in [6, 6.07) is 16.4. The summed E-state index contributed by atoms with van der Waals surface area (Å²) in [6.07, 6.45) is 0.978. The van der Waals surface area contributed by atoms with Crippen molar-refractivity contribution in [3.05, 3.63) is 59.9 Å². The number of aliphatic imine (C=N–C) groups is 1. The van der Waals surface area contributed by atoms with Gasteiger partial charge in [0.25, 0.3) is 0 Å². The first-order chi connectivity index (χ1) is 15.1. The molecule has 0 unspecified atom stereocenters. The third kappa shape index (κ3) is 7.37. The molecule has 32 heavy (non-hydrogen) atoms. The number of hydrogen-bond donors (Lipinski definition) is 2. The van der Waals surface area contributed by atoms with Gasteiger partial charge in [0.2, 0.25) is 0 Å². The highest BCUT2D eigenvalue weighted by atomic mass is 127. The summed E-state index contributed by atoms with van der Waals surface area (Å²) in [7, 11) is 5.88. The molecule has 0 bridgehead atoms. The van der Waals surface area contributed by atoms with Crippen molar-refractivity contribution >= 4 is 41.0 Å². The summed E-state index contributed by atoms with van der Waals surface area (Å²) >= 11 is 0. The van der Waals surface area contributed by atoms with Gasteiger partial charge in [0.05, 0.1) is 11.0 Å². The fourth-order valence-electron chi connectivity index (χ4n) is 3.45. The smallest absolute Gasteiger partial charge is 0.191 e. The molecule has 0 amide bonds. The van der Waals surface area contributed by atoms with Crippen molar-refractivity contribution in [3.63, 3.8) is 0 Å². The van der Waals surface area contributed by atoms with Gasteiger partial charge < -0.3 is 24.8 Å². The normalized spacial score (nSPS) is 11.5. The number of halogens is 1. The van der Waals surface area contributed by atoms with Crippen molar-refractivity contribution < 1.29 is 4.74 Å². The first-order valence-electron chi connectivity index (χ1n) is 10.8. The lowest BCUT2D eigenvalue weighted by Crippen LogP contribution is -2.37. The Kier molecular flexibility index (Phi) is 10.8. The number of benzene rings is 2. The molecule has 8 heteroatoms. The number of nitrogens with one attached hydrogen (secondary N) is 2. The van der Waals surface area contributed by atoms with Crippen LogP contribution in [0.1, 0.15) is 17.8 Å². The van der Waals surface area contributed by atoms with E-state index >= 15 is 0 Å². The topological polar surface area (TPSA) is 66.7 Å². The molecule has 0 atom stereocenters. The van der Waals surface area contributed by atoms with Crippen LogP contribution < -0.4 is 15.4 Å². The van der Waals surface area contributed by atoms with E-state index in [-0.39, 0.29) is 24.0 Å². The molecule has 0 saturated carbocycles. The van der Waals surface area contributed by atoms with Gasteiger partial charge in [-0.3, -0.25) is 4.99 Å². The number of nitrogens with zero attached hydrogens (tertiary/aromatic N) is 4. The summed E-state index contributed by atoms with van der Waals surface area (Å²) in [5, 5.41) is 6.79. The Balaban J connectivity index is 0.00000363. The van der Waals surface area contributed by atoms with Crippen molar-refractivity contribution in [2.75, 3.05) is 40.8 Å². The third-order valence-corrected chi connectivity index (χ3v) is 5.13. The fraction of sp³-hybridized carbons (Fsp3) is 0.417. The van der Waals surface area contributed by atoms with Crippen LogP contribution in [0.5, 0.6) is 5.75 Å². The third-order valence-electron chi connectivity index (χ3n) is 5.13. The maximum atomic E-state index is 5.95. The maximum absolute atomic E-state index is 5.95. The van der Waals surface area contributed by atoms with Gasteiger partial charge in [-0.25, -0.2) is 4.98 Å². The van der Waals surface area contributed by atoms with E-state index in [1.54, 1.807) is 7.05 Å². The van der Waals surface area contributed by atoms with Crippen molar-refractivity contribution in [2.24, 2.45) is 4.99 Å². The largest absolute Gasteiger partial charge is 0.492 e. The van der Waals surface area contributed by atoms with E-state index in [9.17, 15) is 0 Å². The van der Waals surface area contributed by atoms with Crippen molar-refractivity contribution in [1.29, 1.82) is 0 Å². The van der Waals surface area contributed by atoms with Gasteiger partial charge in [-0.2, -0.15) is 0 Å². The number of para-hydroxylation sites is 3. The Hall–Kier alpha value is -2.33. The van der Waals surface area contributed by atoms with Crippen LogP contribution in [0.4, 0.5) is 0 Å². The van der Waals surface area contributed by atoms with Crippen LogP contribution in [0.2, 0.25) is 0 Å². The number of fused-ring (bicyclic) bond motifs is 1. The summed E-state index contributed by atoms with van der Waals surface area (Å²) in [4.78, 5) is 11.1. The standard InChI is InChI=1S/C24H34N6O.HI/c1-19-28-21-11-6-7-12-22(21)30(19)15-9-14-26-24(25-2)27-18-20-10-5-8-13-23(20)31-17-16-29(3)4;/h5-8,10-13H,9,14-18H2,1-4H3,(H2,25,26,27);1H. The number of ether oxygens (including phenoxy) is 1. The molecule has 2 N–H and O–H groups in total. The molecule has 174 valence electrons. The minimum Gasteiger partial charge on any atom is -0.492 e. The minimum atomic E-state index is 0. The molecular weight excluding hydrogens is 515 g/mol. The highest BCUT2D eigenvalue weighted by molar-refractivity contribution is 14.0. The Bertz CT molecular complexity index is 1000. The molecule has 0 saturated heterocycles. The number of aromatic nitrogens is 2. The van der Waals surface area contributed by atoms with Crippen LogP contribution in [0.15, 0.2) is 53.5 Å². The first-order valence-corrected chi connectivity index (χ1v) is 10.8. The second-order valence-corrected chi connectivity index (χ2v) is 7.76. The van der Waals surface area contributed by atoms with Gasteiger partial charge >= 0.3 is 0 Å². The zero-order chi connectivity index (χ0) is 22.1. The van der Waals surface area contributed by atoms with E-state index < -0.39 is 0 Å². The fourth-order valence-corrected chi connectivity index (χ4v) is 3.45. The zero-order valence-electron chi connectivity index (χ0n) is 19.5. The van der Waals surface area contributed by atoms with Crippen LogP contribution in [-0.4, -0.2) is 61.2 Å². The van der Waals surface area contributed by atoms with Crippen molar-refractivity contribution in [2.45, 2.75) is 26.4 Å². The Morgan fingerprint density at radius 1 is 1.09 bits per heavy atom. The number of aryl methyl sites for hydroxylation is 2.